The van der Waals surface area contributed by atoms with Crippen molar-refractivity contribution in [2.75, 3.05) is 0 Å². The van der Waals surface area contributed by atoms with Crippen LogP contribution in [0.15, 0.2) is 30.5 Å². The van der Waals surface area contributed by atoms with E-state index in [2.05, 4.69) is 31.2 Å². The number of hydrogen-bond acceptors (Lipinski definition) is 2. The molecule has 1 N–H and O–H groups in total. The van der Waals surface area contributed by atoms with Crippen LogP contribution in [0.4, 0.5) is 0 Å². The molecule has 0 saturated carbocycles. The second-order valence-electron chi connectivity index (χ2n) is 6.51. The molecule has 1 aromatic heterocycles. The smallest absolute Gasteiger partial charge is 0.254 e. The van der Waals surface area contributed by atoms with Crippen LogP contribution < -0.4 is 5.32 Å². The van der Waals surface area contributed by atoms with Gasteiger partial charge in [-0.15, -0.1) is 0 Å². The molecule has 2 aromatic rings. The van der Waals surface area contributed by atoms with Crippen molar-refractivity contribution in [3.8, 4) is 5.69 Å². The van der Waals surface area contributed by atoms with Gasteiger partial charge in [0, 0.05) is 11.1 Å². The van der Waals surface area contributed by atoms with Crippen molar-refractivity contribution in [1.29, 1.82) is 0 Å². The Hall–Kier alpha value is -1.81. The van der Waals surface area contributed by atoms with Crippen molar-refractivity contribution in [3.63, 3.8) is 0 Å². The van der Waals surface area contributed by atoms with Gasteiger partial charge in [0.1, 0.15) is 0 Å². The molecule has 0 aliphatic rings. The number of nitrogens with one attached hydrogen (secondary N) is 1. The van der Waals surface area contributed by atoms with Crippen molar-refractivity contribution in [1.82, 2.24) is 15.1 Å². The zero-order chi connectivity index (χ0) is 18.2. The van der Waals surface area contributed by atoms with E-state index in [1.54, 1.807) is 6.20 Å². The maximum Gasteiger partial charge on any atom is 0.254 e. The molecule has 0 fully saturated rings. The average molecular weight is 362 g/mol. The average Bonchev–Trinajstić information content (AvgIpc) is 3.00. The van der Waals surface area contributed by atoms with Gasteiger partial charge in [0.15, 0.2) is 0 Å². The summed E-state index contributed by atoms with van der Waals surface area (Å²) in [6, 6.07) is 7.69. The van der Waals surface area contributed by atoms with Crippen LogP contribution in [-0.4, -0.2) is 21.7 Å². The Bertz CT molecular complexity index is 679. The second-order valence-corrected chi connectivity index (χ2v) is 6.95. The number of nitrogens with zero attached hydrogens (tertiary/aromatic N) is 2. The summed E-state index contributed by atoms with van der Waals surface area (Å²) in [7, 11) is 0. The normalized spacial score (nSPS) is 12.2. The monoisotopic (exact) mass is 361 g/mol. The molecule has 2 rings (SSSR count). The largest absolute Gasteiger partial charge is 0.349 e. The Morgan fingerprint density at radius 3 is 2.56 bits per heavy atom. The van der Waals surface area contributed by atoms with Gasteiger partial charge in [0.25, 0.3) is 5.91 Å². The lowest BCUT2D eigenvalue weighted by Gasteiger charge is -2.14. The van der Waals surface area contributed by atoms with Gasteiger partial charge in [-0.2, -0.15) is 5.10 Å². The molecular weight excluding hydrogens is 334 g/mol. The summed E-state index contributed by atoms with van der Waals surface area (Å²) in [6.07, 6.45) is 7.97. The molecule has 136 valence electrons. The Kier molecular flexibility index (Phi) is 7.51. The topological polar surface area (TPSA) is 46.9 Å². The van der Waals surface area contributed by atoms with Crippen LogP contribution in [0.5, 0.6) is 0 Å². The molecule has 0 radical (unpaired) electrons. The van der Waals surface area contributed by atoms with E-state index in [4.69, 9.17) is 11.6 Å². The fraction of sp³-hybridized carbons (Fsp3) is 0.500. The van der Waals surface area contributed by atoms with Crippen LogP contribution in [0.25, 0.3) is 5.69 Å². The van der Waals surface area contributed by atoms with Gasteiger partial charge >= 0.3 is 0 Å². The minimum Gasteiger partial charge on any atom is -0.349 e. The number of benzene rings is 1. The lowest BCUT2D eigenvalue weighted by Crippen LogP contribution is -2.33. The summed E-state index contributed by atoms with van der Waals surface area (Å²) < 4.78 is 1.84. The van der Waals surface area contributed by atoms with E-state index >= 15 is 0 Å². The highest BCUT2D eigenvalue weighted by molar-refractivity contribution is 6.30. The number of halogens is 1. The van der Waals surface area contributed by atoms with Crippen LogP contribution >= 0.6 is 11.6 Å². The molecule has 0 aliphatic carbocycles. The van der Waals surface area contributed by atoms with Crippen molar-refractivity contribution in [3.05, 3.63) is 46.7 Å². The van der Waals surface area contributed by atoms with Crippen molar-refractivity contribution in [2.24, 2.45) is 0 Å². The summed E-state index contributed by atoms with van der Waals surface area (Å²) in [5.74, 6) is -0.0346. The first-order valence-electron chi connectivity index (χ1n) is 9.20. The van der Waals surface area contributed by atoms with Gasteiger partial charge in [0.2, 0.25) is 0 Å². The van der Waals surface area contributed by atoms with E-state index in [-0.39, 0.29) is 11.9 Å². The maximum absolute atomic E-state index is 12.7. The molecule has 1 amide bonds. The molecule has 1 heterocycles. The molecule has 4 nitrogen and oxygen atoms in total. The first-order valence-corrected chi connectivity index (χ1v) is 9.58. The van der Waals surface area contributed by atoms with Crippen LogP contribution in [0, 0.1) is 0 Å². The van der Waals surface area contributed by atoms with E-state index in [1.165, 1.54) is 12.8 Å². The van der Waals surface area contributed by atoms with Crippen LogP contribution in [-0.2, 0) is 6.42 Å². The summed E-state index contributed by atoms with van der Waals surface area (Å²) in [5, 5.41) is 8.25. The van der Waals surface area contributed by atoms with E-state index < -0.39 is 0 Å². The van der Waals surface area contributed by atoms with Crippen molar-refractivity contribution >= 4 is 17.5 Å². The highest BCUT2D eigenvalue weighted by Gasteiger charge is 2.19. The van der Waals surface area contributed by atoms with Gasteiger partial charge < -0.3 is 5.32 Å². The van der Waals surface area contributed by atoms with Crippen LogP contribution in [0.3, 0.4) is 0 Å². The maximum atomic E-state index is 12.7. The van der Waals surface area contributed by atoms with Gasteiger partial charge in [-0.25, -0.2) is 4.68 Å². The fourth-order valence-electron chi connectivity index (χ4n) is 2.92. The molecule has 1 unspecified atom stereocenters. The minimum atomic E-state index is -0.0346. The van der Waals surface area contributed by atoms with Gasteiger partial charge in [0.05, 0.1) is 23.1 Å². The molecular formula is C20H28ClN3O. The Morgan fingerprint density at radius 2 is 1.92 bits per heavy atom. The first-order chi connectivity index (χ1) is 12.1. The third-order valence-corrected chi connectivity index (χ3v) is 4.54. The highest BCUT2D eigenvalue weighted by Crippen LogP contribution is 2.19. The number of hydrogen-bond donors (Lipinski definition) is 1. The summed E-state index contributed by atoms with van der Waals surface area (Å²) >= 11 is 5.97. The number of carbonyl (C=O) groups is 1. The number of aromatic nitrogens is 2. The van der Waals surface area contributed by atoms with Crippen molar-refractivity contribution in [2.45, 2.75) is 65.3 Å². The van der Waals surface area contributed by atoms with Gasteiger partial charge in [-0.05, 0) is 44.0 Å². The number of amides is 1. The van der Waals surface area contributed by atoms with E-state index in [0.29, 0.717) is 10.6 Å². The molecule has 0 bridgehead atoms. The van der Waals surface area contributed by atoms with Gasteiger partial charge in [-0.1, -0.05) is 51.1 Å². The molecule has 25 heavy (non-hydrogen) atoms. The number of unbranched alkanes of at least 4 members (excludes halogenated alkanes) is 2. The SMILES string of the molecule is CCCCCC(C)NC(=O)c1cnn(-c2ccc(Cl)cc2)c1CCC. The Balaban J connectivity index is 2.17. The standard InChI is InChI=1S/C20H28ClN3O/c1-4-6-7-9-15(3)23-20(25)18-14-22-24(19(18)8-5-2)17-12-10-16(21)11-13-17/h10-15H,4-9H2,1-3H3,(H,23,25). The lowest BCUT2D eigenvalue weighted by molar-refractivity contribution is 0.0937. The fourth-order valence-corrected chi connectivity index (χ4v) is 3.05. The van der Waals surface area contributed by atoms with E-state index in [1.807, 2.05) is 28.9 Å². The molecule has 1 atom stereocenters. The lowest BCUT2D eigenvalue weighted by atomic mass is 10.1. The predicted octanol–water partition coefficient (Wildman–Crippen LogP) is 5.18. The summed E-state index contributed by atoms with van der Waals surface area (Å²) in [4.78, 5) is 12.7. The third kappa shape index (κ3) is 5.33. The van der Waals surface area contributed by atoms with E-state index in [0.717, 1.165) is 37.1 Å². The molecule has 5 heteroatoms. The third-order valence-electron chi connectivity index (χ3n) is 4.29. The van der Waals surface area contributed by atoms with E-state index in [9.17, 15) is 4.79 Å². The predicted molar refractivity (Wildman–Crippen MR) is 104 cm³/mol. The number of rotatable bonds is 9. The molecule has 1 aromatic carbocycles. The van der Waals surface area contributed by atoms with Crippen LogP contribution in [0.2, 0.25) is 5.02 Å². The Morgan fingerprint density at radius 1 is 1.20 bits per heavy atom. The first kappa shape index (κ1) is 19.5. The highest BCUT2D eigenvalue weighted by atomic mass is 35.5. The zero-order valence-corrected chi connectivity index (χ0v) is 16.1. The molecule has 0 aliphatic heterocycles. The number of carbonyl (C=O) groups excluding carboxylic acids is 1. The summed E-state index contributed by atoms with van der Waals surface area (Å²) in [6.45, 7) is 6.36. The molecule has 0 saturated heterocycles. The Labute approximate surface area is 155 Å². The van der Waals surface area contributed by atoms with Gasteiger partial charge in [-0.3, -0.25) is 4.79 Å². The quantitative estimate of drug-likeness (QED) is 0.626. The summed E-state index contributed by atoms with van der Waals surface area (Å²) in [5.41, 5.74) is 2.53. The second kappa shape index (κ2) is 9.62. The minimum absolute atomic E-state index is 0.0346. The van der Waals surface area contributed by atoms with Crippen LogP contribution in [0.1, 0.15) is 68.9 Å². The molecule has 0 spiro atoms. The van der Waals surface area contributed by atoms with Crippen molar-refractivity contribution < 1.29 is 4.79 Å². The zero-order valence-electron chi connectivity index (χ0n) is 15.4.